The standard InChI is InChI=1S/C10H10F3N5O/c1-6-2-15-8(16-3-6)9-17-7(19-18-9)4-14-5-10(11,12)13/h2-3,14H,4-5H2,1H3. The molecule has 0 spiro atoms. The van der Waals surface area contributed by atoms with E-state index in [1.807, 2.05) is 6.92 Å². The molecule has 0 atom stereocenters. The lowest BCUT2D eigenvalue weighted by Crippen LogP contribution is -2.28. The minimum absolute atomic E-state index is 0.0448. The van der Waals surface area contributed by atoms with E-state index in [0.29, 0.717) is 0 Å². The topological polar surface area (TPSA) is 76.7 Å². The van der Waals surface area contributed by atoms with Crippen LogP contribution in [0.25, 0.3) is 11.6 Å². The zero-order chi connectivity index (χ0) is 13.9. The van der Waals surface area contributed by atoms with Crippen molar-refractivity contribution in [1.29, 1.82) is 0 Å². The summed E-state index contributed by atoms with van der Waals surface area (Å²) in [6.45, 7) is 0.538. The number of hydrogen-bond donors (Lipinski definition) is 1. The molecule has 0 amide bonds. The van der Waals surface area contributed by atoms with Gasteiger partial charge in [-0.25, -0.2) is 9.97 Å². The molecule has 2 aromatic rings. The third-order valence-corrected chi connectivity index (χ3v) is 2.05. The van der Waals surface area contributed by atoms with Crippen molar-refractivity contribution in [3.05, 3.63) is 23.8 Å². The van der Waals surface area contributed by atoms with Crippen LogP contribution in [0.15, 0.2) is 16.9 Å². The van der Waals surface area contributed by atoms with Crippen LogP contribution in [-0.2, 0) is 6.54 Å². The maximum Gasteiger partial charge on any atom is 0.401 e. The van der Waals surface area contributed by atoms with Gasteiger partial charge < -0.3 is 9.84 Å². The quantitative estimate of drug-likeness (QED) is 0.909. The first-order valence-electron chi connectivity index (χ1n) is 5.33. The highest BCUT2D eigenvalue weighted by atomic mass is 19.4. The fraction of sp³-hybridized carbons (Fsp3) is 0.400. The number of rotatable bonds is 4. The third kappa shape index (κ3) is 3.98. The first-order valence-corrected chi connectivity index (χ1v) is 5.33. The average Bonchev–Trinajstić information content (AvgIpc) is 2.77. The molecule has 19 heavy (non-hydrogen) atoms. The third-order valence-electron chi connectivity index (χ3n) is 2.05. The Labute approximate surface area is 106 Å². The molecule has 0 aromatic carbocycles. The van der Waals surface area contributed by atoms with Crippen molar-refractivity contribution in [3.8, 4) is 11.6 Å². The summed E-state index contributed by atoms with van der Waals surface area (Å²) in [4.78, 5) is 11.9. The molecule has 0 aliphatic heterocycles. The molecule has 2 heterocycles. The number of halogens is 3. The minimum Gasteiger partial charge on any atom is -0.337 e. The lowest BCUT2D eigenvalue weighted by Gasteiger charge is -2.05. The molecule has 102 valence electrons. The van der Waals surface area contributed by atoms with E-state index in [1.165, 1.54) is 0 Å². The predicted octanol–water partition coefficient (Wildman–Crippen LogP) is 1.49. The van der Waals surface area contributed by atoms with Crippen LogP contribution in [0.2, 0.25) is 0 Å². The maximum absolute atomic E-state index is 11.9. The second kappa shape index (κ2) is 5.31. The van der Waals surface area contributed by atoms with Gasteiger partial charge in [0, 0.05) is 12.4 Å². The van der Waals surface area contributed by atoms with E-state index in [1.54, 1.807) is 12.4 Å². The summed E-state index contributed by atoms with van der Waals surface area (Å²) in [5.74, 6) is 0.448. The number of aryl methyl sites for hydroxylation is 1. The second-order valence-corrected chi connectivity index (χ2v) is 3.81. The molecule has 0 radical (unpaired) electrons. The van der Waals surface area contributed by atoms with Gasteiger partial charge >= 0.3 is 6.18 Å². The van der Waals surface area contributed by atoms with Crippen molar-refractivity contribution in [2.45, 2.75) is 19.6 Å². The Balaban J connectivity index is 1.97. The van der Waals surface area contributed by atoms with Crippen LogP contribution in [0.4, 0.5) is 13.2 Å². The molecule has 9 heteroatoms. The van der Waals surface area contributed by atoms with E-state index in [2.05, 4.69) is 25.4 Å². The van der Waals surface area contributed by atoms with Crippen molar-refractivity contribution >= 4 is 0 Å². The molecule has 1 N–H and O–H groups in total. The van der Waals surface area contributed by atoms with E-state index < -0.39 is 12.7 Å². The molecule has 2 rings (SSSR count). The Morgan fingerprint density at radius 2 is 1.89 bits per heavy atom. The number of nitrogens with one attached hydrogen (secondary N) is 1. The largest absolute Gasteiger partial charge is 0.401 e. The molecule has 0 aliphatic carbocycles. The predicted molar refractivity (Wildman–Crippen MR) is 57.8 cm³/mol. The molecular formula is C10H10F3N5O. The summed E-state index contributed by atoms with van der Waals surface area (Å²) >= 11 is 0. The fourth-order valence-corrected chi connectivity index (χ4v) is 1.24. The number of nitrogens with zero attached hydrogens (tertiary/aromatic N) is 4. The van der Waals surface area contributed by atoms with Gasteiger partial charge in [-0.2, -0.15) is 18.2 Å². The Morgan fingerprint density at radius 3 is 2.53 bits per heavy atom. The first-order chi connectivity index (χ1) is 8.94. The van der Waals surface area contributed by atoms with Gasteiger partial charge in [0.05, 0.1) is 13.1 Å². The SMILES string of the molecule is Cc1cnc(-c2noc(CNCC(F)(F)F)n2)nc1. The lowest BCUT2D eigenvalue weighted by molar-refractivity contribution is -0.125. The van der Waals surface area contributed by atoms with Crippen LogP contribution in [-0.4, -0.2) is 32.8 Å². The Hall–Kier alpha value is -2.03. The lowest BCUT2D eigenvalue weighted by atomic mass is 10.4. The van der Waals surface area contributed by atoms with Gasteiger partial charge in [0.1, 0.15) is 0 Å². The molecule has 0 saturated carbocycles. The Kier molecular flexibility index (Phi) is 3.74. The Bertz CT molecular complexity index is 537. The summed E-state index contributed by atoms with van der Waals surface area (Å²) in [5, 5.41) is 5.75. The zero-order valence-electron chi connectivity index (χ0n) is 9.90. The summed E-state index contributed by atoms with van der Waals surface area (Å²) in [5.41, 5.74) is 0.874. The average molecular weight is 273 g/mol. The maximum atomic E-state index is 11.9. The molecule has 6 nitrogen and oxygen atoms in total. The fourth-order valence-electron chi connectivity index (χ4n) is 1.24. The summed E-state index contributed by atoms with van der Waals surface area (Å²) in [7, 11) is 0. The summed E-state index contributed by atoms with van der Waals surface area (Å²) in [6.07, 6.45) is -1.11. The van der Waals surface area contributed by atoms with Gasteiger partial charge in [-0.05, 0) is 12.5 Å². The van der Waals surface area contributed by atoms with Gasteiger partial charge in [-0.3, -0.25) is 0 Å². The van der Waals surface area contributed by atoms with Crippen LogP contribution < -0.4 is 5.32 Å². The molecular weight excluding hydrogens is 263 g/mol. The van der Waals surface area contributed by atoms with E-state index in [-0.39, 0.29) is 24.1 Å². The van der Waals surface area contributed by atoms with Gasteiger partial charge in [0.2, 0.25) is 17.5 Å². The van der Waals surface area contributed by atoms with Crippen molar-refractivity contribution < 1.29 is 17.7 Å². The highest BCUT2D eigenvalue weighted by molar-refractivity contribution is 5.40. The van der Waals surface area contributed by atoms with Crippen LogP contribution in [0.5, 0.6) is 0 Å². The van der Waals surface area contributed by atoms with Crippen molar-refractivity contribution in [2.24, 2.45) is 0 Å². The molecule has 0 fully saturated rings. The number of alkyl halides is 3. The van der Waals surface area contributed by atoms with Crippen LogP contribution in [0.1, 0.15) is 11.5 Å². The molecule has 0 aliphatic rings. The minimum atomic E-state index is -4.27. The monoisotopic (exact) mass is 273 g/mol. The normalized spacial score (nSPS) is 11.8. The molecule has 0 bridgehead atoms. The van der Waals surface area contributed by atoms with Crippen molar-refractivity contribution in [2.75, 3.05) is 6.54 Å². The van der Waals surface area contributed by atoms with Gasteiger partial charge in [0.15, 0.2) is 0 Å². The van der Waals surface area contributed by atoms with Crippen molar-refractivity contribution in [3.63, 3.8) is 0 Å². The first kappa shape index (κ1) is 13.4. The highest BCUT2D eigenvalue weighted by Gasteiger charge is 2.26. The van der Waals surface area contributed by atoms with E-state index >= 15 is 0 Å². The number of hydrogen-bond acceptors (Lipinski definition) is 6. The van der Waals surface area contributed by atoms with Crippen LogP contribution in [0.3, 0.4) is 0 Å². The Morgan fingerprint density at radius 1 is 1.21 bits per heavy atom. The van der Waals surface area contributed by atoms with Crippen LogP contribution >= 0.6 is 0 Å². The van der Waals surface area contributed by atoms with Gasteiger partial charge in [-0.1, -0.05) is 5.16 Å². The van der Waals surface area contributed by atoms with Crippen LogP contribution in [0, 0.1) is 6.92 Å². The van der Waals surface area contributed by atoms with Crippen molar-refractivity contribution in [1.82, 2.24) is 25.4 Å². The summed E-state index contributed by atoms with van der Waals surface area (Å²) in [6, 6.07) is 0. The van der Waals surface area contributed by atoms with Gasteiger partial charge in [-0.15, -0.1) is 0 Å². The van der Waals surface area contributed by atoms with E-state index in [9.17, 15) is 13.2 Å². The van der Waals surface area contributed by atoms with E-state index in [4.69, 9.17) is 4.52 Å². The van der Waals surface area contributed by atoms with Gasteiger partial charge in [0.25, 0.3) is 0 Å². The zero-order valence-corrected chi connectivity index (χ0v) is 9.90. The highest BCUT2D eigenvalue weighted by Crippen LogP contribution is 2.13. The van der Waals surface area contributed by atoms with E-state index in [0.717, 1.165) is 5.56 Å². The second-order valence-electron chi connectivity index (χ2n) is 3.81. The molecule has 2 aromatic heterocycles. The number of aromatic nitrogens is 4. The molecule has 0 unspecified atom stereocenters. The summed E-state index contributed by atoms with van der Waals surface area (Å²) < 4.78 is 40.5. The molecule has 0 saturated heterocycles. The smallest absolute Gasteiger partial charge is 0.337 e.